The first-order chi connectivity index (χ1) is 15.5. The van der Waals surface area contributed by atoms with Crippen LogP contribution in [0, 0.1) is 0 Å². The van der Waals surface area contributed by atoms with Crippen LogP contribution in [0.1, 0.15) is 47.3 Å². The number of hydrogen-bond donors (Lipinski definition) is 1. The van der Waals surface area contributed by atoms with Gasteiger partial charge < -0.3 is 0 Å². The standard InChI is InChI=1S/C24H23Cl3N4O/c25-16-7-9-18-15(13-16)5-4-6-19-22(18)28-29-23(19)24(32)31(30-11-2-1-3-12-30)21-10-8-17(26)14-20(21)27/h7-10,13-14H,1-6,11-12H2,(H,28,29). The molecule has 1 aliphatic heterocycles. The Morgan fingerprint density at radius 2 is 1.69 bits per heavy atom. The summed E-state index contributed by atoms with van der Waals surface area (Å²) >= 11 is 18.9. The predicted molar refractivity (Wildman–Crippen MR) is 130 cm³/mol. The summed E-state index contributed by atoms with van der Waals surface area (Å²) in [6.07, 6.45) is 5.81. The number of aromatic amines is 1. The molecule has 1 N–H and O–H groups in total. The molecule has 2 heterocycles. The monoisotopic (exact) mass is 488 g/mol. The van der Waals surface area contributed by atoms with E-state index in [1.807, 2.05) is 18.2 Å². The van der Waals surface area contributed by atoms with Gasteiger partial charge in [-0.1, -0.05) is 47.3 Å². The highest BCUT2D eigenvalue weighted by Gasteiger charge is 2.32. The number of hydrogen-bond acceptors (Lipinski definition) is 3. The summed E-state index contributed by atoms with van der Waals surface area (Å²) in [6.45, 7) is 1.58. The van der Waals surface area contributed by atoms with E-state index in [0.717, 1.165) is 73.5 Å². The highest BCUT2D eigenvalue weighted by atomic mass is 35.5. The fraction of sp³-hybridized carbons (Fsp3) is 0.333. The summed E-state index contributed by atoms with van der Waals surface area (Å²) in [5.41, 5.74) is 5.15. The molecule has 1 aromatic heterocycles. The third-order valence-corrected chi connectivity index (χ3v) is 7.00. The maximum atomic E-state index is 14.0. The molecular weight excluding hydrogens is 467 g/mol. The molecule has 1 amide bonds. The Morgan fingerprint density at radius 3 is 2.47 bits per heavy atom. The number of amides is 1. The third-order valence-electron chi connectivity index (χ3n) is 6.22. The van der Waals surface area contributed by atoms with Crippen molar-refractivity contribution >= 4 is 46.4 Å². The maximum absolute atomic E-state index is 14.0. The van der Waals surface area contributed by atoms with Crippen LogP contribution in [0.5, 0.6) is 0 Å². The number of anilines is 1. The Balaban J connectivity index is 1.59. The van der Waals surface area contributed by atoms with Gasteiger partial charge in [-0.3, -0.25) is 9.89 Å². The number of piperidine rings is 1. The quantitative estimate of drug-likeness (QED) is 0.452. The van der Waals surface area contributed by atoms with E-state index in [1.165, 1.54) is 5.56 Å². The van der Waals surface area contributed by atoms with Gasteiger partial charge >= 0.3 is 0 Å². The third kappa shape index (κ3) is 4.03. The number of rotatable bonds is 3. The molecule has 0 spiro atoms. The van der Waals surface area contributed by atoms with Gasteiger partial charge in [0.1, 0.15) is 0 Å². The average Bonchev–Trinajstić information content (AvgIpc) is 3.11. The second-order valence-corrected chi connectivity index (χ2v) is 9.59. The van der Waals surface area contributed by atoms with Gasteiger partial charge in [0.2, 0.25) is 0 Å². The summed E-state index contributed by atoms with van der Waals surface area (Å²) in [7, 11) is 0. The van der Waals surface area contributed by atoms with Crippen LogP contribution in [0.25, 0.3) is 11.3 Å². The van der Waals surface area contributed by atoms with Crippen molar-refractivity contribution in [3.8, 4) is 11.3 Å². The van der Waals surface area contributed by atoms with Crippen molar-refractivity contribution < 1.29 is 4.79 Å². The minimum Gasteiger partial charge on any atom is -0.277 e. The van der Waals surface area contributed by atoms with Gasteiger partial charge in [0.05, 0.1) is 16.4 Å². The first-order valence-electron chi connectivity index (χ1n) is 10.9. The van der Waals surface area contributed by atoms with Gasteiger partial charge in [-0.05, 0) is 68.0 Å². The number of fused-ring (bicyclic) bond motifs is 3. The summed E-state index contributed by atoms with van der Waals surface area (Å²) in [5, 5.41) is 13.1. The van der Waals surface area contributed by atoms with E-state index >= 15 is 0 Å². The lowest BCUT2D eigenvalue weighted by molar-refractivity contribution is 0.0866. The number of H-pyrrole nitrogens is 1. The summed E-state index contributed by atoms with van der Waals surface area (Å²) < 4.78 is 0. The maximum Gasteiger partial charge on any atom is 0.293 e. The van der Waals surface area contributed by atoms with Crippen LogP contribution in [-0.4, -0.2) is 34.2 Å². The van der Waals surface area contributed by atoms with Crippen LogP contribution < -0.4 is 5.01 Å². The van der Waals surface area contributed by atoms with E-state index in [9.17, 15) is 4.79 Å². The molecule has 32 heavy (non-hydrogen) atoms. The van der Waals surface area contributed by atoms with Crippen molar-refractivity contribution in [1.29, 1.82) is 0 Å². The van der Waals surface area contributed by atoms with Crippen molar-refractivity contribution in [2.45, 2.75) is 38.5 Å². The molecule has 0 unspecified atom stereocenters. The lowest BCUT2D eigenvalue weighted by Gasteiger charge is -2.37. The van der Waals surface area contributed by atoms with Crippen molar-refractivity contribution in [2.24, 2.45) is 0 Å². The number of benzene rings is 2. The Hall–Kier alpha value is -2.05. The number of nitrogens with one attached hydrogen (secondary N) is 1. The first kappa shape index (κ1) is 21.8. The van der Waals surface area contributed by atoms with E-state index in [0.29, 0.717) is 21.4 Å². The van der Waals surface area contributed by atoms with Crippen LogP contribution in [-0.2, 0) is 12.8 Å². The molecule has 0 bridgehead atoms. The number of aromatic nitrogens is 2. The molecule has 1 aliphatic carbocycles. The molecule has 0 saturated carbocycles. The van der Waals surface area contributed by atoms with Crippen LogP contribution in [0.3, 0.4) is 0 Å². The molecular formula is C24H23Cl3N4O. The zero-order valence-corrected chi connectivity index (χ0v) is 19.8. The number of nitrogens with zero attached hydrogens (tertiary/aromatic N) is 3. The van der Waals surface area contributed by atoms with E-state index in [2.05, 4.69) is 15.2 Å². The van der Waals surface area contributed by atoms with Gasteiger partial charge in [-0.2, -0.15) is 5.10 Å². The minimum atomic E-state index is -0.175. The fourth-order valence-electron chi connectivity index (χ4n) is 4.70. The van der Waals surface area contributed by atoms with Crippen LogP contribution in [0.2, 0.25) is 15.1 Å². The smallest absolute Gasteiger partial charge is 0.277 e. The SMILES string of the molecule is O=C(c1n[nH]c2c1CCCc1cc(Cl)ccc1-2)N(c1ccc(Cl)cc1Cl)N1CCCCC1. The van der Waals surface area contributed by atoms with Crippen molar-refractivity contribution in [3.63, 3.8) is 0 Å². The largest absolute Gasteiger partial charge is 0.293 e. The van der Waals surface area contributed by atoms with Crippen molar-refractivity contribution in [2.75, 3.05) is 18.1 Å². The molecule has 0 atom stereocenters. The number of aryl methyl sites for hydroxylation is 1. The lowest BCUT2D eigenvalue weighted by Crippen LogP contribution is -2.49. The average molecular weight is 490 g/mol. The van der Waals surface area contributed by atoms with E-state index in [4.69, 9.17) is 34.8 Å². The van der Waals surface area contributed by atoms with Gasteiger partial charge in [0.25, 0.3) is 5.91 Å². The van der Waals surface area contributed by atoms with Gasteiger partial charge in [-0.25, -0.2) is 10.0 Å². The normalized spacial score (nSPS) is 16.2. The number of hydrazine groups is 1. The molecule has 2 aromatic carbocycles. The summed E-state index contributed by atoms with van der Waals surface area (Å²) in [5.74, 6) is -0.175. The molecule has 166 valence electrons. The number of halogens is 3. The lowest BCUT2D eigenvalue weighted by atomic mass is 10.0. The Kier molecular flexibility index (Phi) is 6.17. The Morgan fingerprint density at radius 1 is 0.938 bits per heavy atom. The fourth-order valence-corrected chi connectivity index (χ4v) is 5.38. The van der Waals surface area contributed by atoms with Crippen molar-refractivity contribution in [1.82, 2.24) is 15.2 Å². The molecule has 3 aromatic rings. The number of carbonyl (C=O) groups excluding carboxylic acids is 1. The molecule has 5 rings (SSSR count). The molecule has 1 saturated heterocycles. The van der Waals surface area contributed by atoms with E-state index in [-0.39, 0.29) is 5.91 Å². The second-order valence-electron chi connectivity index (χ2n) is 8.31. The summed E-state index contributed by atoms with van der Waals surface area (Å²) in [4.78, 5) is 14.0. The Bertz CT molecular complexity index is 1170. The molecule has 5 nitrogen and oxygen atoms in total. The molecule has 2 aliphatic rings. The van der Waals surface area contributed by atoms with Crippen LogP contribution in [0.4, 0.5) is 5.69 Å². The van der Waals surface area contributed by atoms with E-state index < -0.39 is 0 Å². The molecule has 8 heteroatoms. The second kappa shape index (κ2) is 9.06. The van der Waals surface area contributed by atoms with Crippen LogP contribution >= 0.6 is 34.8 Å². The van der Waals surface area contributed by atoms with Gasteiger partial charge in [0.15, 0.2) is 5.69 Å². The molecule has 0 radical (unpaired) electrons. The topological polar surface area (TPSA) is 52.2 Å². The first-order valence-corrected chi connectivity index (χ1v) is 12.1. The van der Waals surface area contributed by atoms with E-state index in [1.54, 1.807) is 23.2 Å². The highest BCUT2D eigenvalue weighted by Crippen LogP contribution is 2.36. The zero-order valence-electron chi connectivity index (χ0n) is 17.5. The highest BCUT2D eigenvalue weighted by molar-refractivity contribution is 6.37. The van der Waals surface area contributed by atoms with Crippen molar-refractivity contribution in [3.05, 3.63) is 68.3 Å². The zero-order chi connectivity index (χ0) is 22.2. The molecule has 1 fully saturated rings. The van der Waals surface area contributed by atoms with Crippen LogP contribution in [0.15, 0.2) is 36.4 Å². The summed E-state index contributed by atoms with van der Waals surface area (Å²) in [6, 6.07) is 11.1. The van der Waals surface area contributed by atoms with Gasteiger partial charge in [-0.15, -0.1) is 0 Å². The number of carbonyl (C=O) groups is 1. The predicted octanol–water partition coefficient (Wildman–Crippen LogP) is 6.57. The van der Waals surface area contributed by atoms with Gasteiger partial charge in [0, 0.05) is 34.3 Å². The Labute approximate surface area is 202 Å². The minimum absolute atomic E-state index is 0.175.